The van der Waals surface area contributed by atoms with Crippen LogP contribution >= 0.6 is 0 Å². The van der Waals surface area contributed by atoms with E-state index in [-0.39, 0.29) is 29.9 Å². The molecule has 0 aliphatic carbocycles. The van der Waals surface area contributed by atoms with Gasteiger partial charge in [0.05, 0.1) is 30.8 Å². The summed E-state index contributed by atoms with van der Waals surface area (Å²) < 4.78 is 59.3. The number of nitrogens with one attached hydrogen (secondary N) is 1. The van der Waals surface area contributed by atoms with Crippen molar-refractivity contribution in [3.8, 4) is 5.75 Å². The largest absolute Gasteiger partial charge is 0.489 e. The van der Waals surface area contributed by atoms with Crippen LogP contribution in [0.15, 0.2) is 53.4 Å². The zero-order valence-electron chi connectivity index (χ0n) is 26.7. The number of fused-ring (bicyclic) bond motifs is 3. The van der Waals surface area contributed by atoms with Gasteiger partial charge in [-0.05, 0) is 70.0 Å². The Morgan fingerprint density at radius 2 is 1.62 bits per heavy atom. The number of alkyl carbamates (subject to hydrolysis) is 1. The van der Waals surface area contributed by atoms with Gasteiger partial charge in [0, 0.05) is 18.5 Å². The van der Waals surface area contributed by atoms with Gasteiger partial charge in [-0.15, -0.1) is 0 Å². The first kappa shape index (κ1) is 33.1. The highest BCUT2D eigenvalue weighted by Gasteiger charge is 2.62. The van der Waals surface area contributed by atoms with Crippen LogP contribution in [-0.2, 0) is 40.4 Å². The highest BCUT2D eigenvalue weighted by atomic mass is 32.2. The molecular formula is C32H43N3O9S. The maximum atomic E-state index is 14.2. The molecule has 4 fully saturated rings. The Kier molecular flexibility index (Phi) is 9.22. The Hall–Kier alpha value is -3.23. The molecule has 2 aromatic carbocycles. The molecule has 4 heterocycles. The number of piperazine rings is 1. The SMILES string of the molecule is Cc1ccccc1COc1ccc(S(=O)(=O)N2CCN(C(=O)CNC(=O)OC(C)(C)C)C(C)C2C23OCC(C)(CO2)CO3)cc1. The second kappa shape index (κ2) is 12.5. The van der Waals surface area contributed by atoms with E-state index in [4.69, 9.17) is 23.7 Å². The monoisotopic (exact) mass is 645 g/mol. The molecule has 0 spiro atoms. The summed E-state index contributed by atoms with van der Waals surface area (Å²) in [5.74, 6) is -1.58. The summed E-state index contributed by atoms with van der Waals surface area (Å²) in [4.78, 5) is 27.1. The summed E-state index contributed by atoms with van der Waals surface area (Å²) in [5, 5.41) is 2.49. The lowest BCUT2D eigenvalue weighted by molar-refractivity contribution is -0.482. The summed E-state index contributed by atoms with van der Waals surface area (Å²) in [6.07, 6.45) is -0.722. The molecule has 2 bridgehead atoms. The Morgan fingerprint density at radius 1 is 1.00 bits per heavy atom. The van der Waals surface area contributed by atoms with Gasteiger partial charge in [-0.25, -0.2) is 13.2 Å². The number of amides is 2. The van der Waals surface area contributed by atoms with E-state index in [1.54, 1.807) is 39.8 Å². The molecule has 4 aliphatic heterocycles. The van der Waals surface area contributed by atoms with E-state index in [1.807, 2.05) is 38.1 Å². The molecule has 12 nitrogen and oxygen atoms in total. The highest BCUT2D eigenvalue weighted by molar-refractivity contribution is 7.89. The zero-order valence-corrected chi connectivity index (χ0v) is 27.5. The van der Waals surface area contributed by atoms with E-state index >= 15 is 0 Å². The van der Waals surface area contributed by atoms with Gasteiger partial charge in [-0.1, -0.05) is 31.2 Å². The first-order valence-electron chi connectivity index (χ1n) is 15.1. The van der Waals surface area contributed by atoms with E-state index in [2.05, 4.69) is 5.32 Å². The molecule has 2 amide bonds. The number of rotatable bonds is 8. The van der Waals surface area contributed by atoms with Crippen molar-refractivity contribution in [3.05, 3.63) is 59.7 Å². The number of hydrogen-bond donors (Lipinski definition) is 1. The molecule has 2 aromatic rings. The van der Waals surface area contributed by atoms with E-state index < -0.39 is 45.7 Å². The maximum absolute atomic E-state index is 14.2. The van der Waals surface area contributed by atoms with Crippen LogP contribution < -0.4 is 10.1 Å². The minimum absolute atomic E-state index is 0.0455. The fourth-order valence-corrected chi connectivity index (χ4v) is 7.40. The lowest BCUT2D eigenvalue weighted by atomic mass is 9.90. The smallest absolute Gasteiger partial charge is 0.408 e. The third-order valence-electron chi connectivity index (χ3n) is 8.24. The summed E-state index contributed by atoms with van der Waals surface area (Å²) in [5.41, 5.74) is 1.06. The van der Waals surface area contributed by atoms with Gasteiger partial charge in [0.25, 0.3) is 0 Å². The van der Waals surface area contributed by atoms with Crippen molar-refractivity contribution in [3.63, 3.8) is 0 Å². The van der Waals surface area contributed by atoms with Crippen LogP contribution in [0, 0.1) is 12.3 Å². The maximum Gasteiger partial charge on any atom is 0.408 e. The quantitative estimate of drug-likeness (QED) is 0.459. The van der Waals surface area contributed by atoms with Gasteiger partial charge in [0.2, 0.25) is 15.9 Å². The molecule has 0 aromatic heterocycles. The standard InChI is InChI=1S/C32H43N3O9S/c1-22-9-7-8-10-24(22)18-40-25-11-13-26(14-12-25)45(38,39)35-16-15-34(27(36)17-33-29(37)44-30(3,4)5)23(2)28(35)32-41-19-31(6,20-42-32)21-43-32/h7-14,23,28H,15-21H2,1-6H3,(H,33,37). The summed E-state index contributed by atoms with van der Waals surface area (Å²) in [6.45, 7) is 11.9. The average Bonchev–Trinajstić information content (AvgIpc) is 2.99. The first-order valence-corrected chi connectivity index (χ1v) is 16.5. The van der Waals surface area contributed by atoms with Crippen LogP contribution in [0.4, 0.5) is 4.79 Å². The van der Waals surface area contributed by atoms with Gasteiger partial charge in [0.15, 0.2) is 0 Å². The molecule has 246 valence electrons. The first-order chi connectivity index (χ1) is 21.1. The Labute approximate surface area is 264 Å². The van der Waals surface area contributed by atoms with Crippen molar-refractivity contribution in [2.24, 2.45) is 5.41 Å². The van der Waals surface area contributed by atoms with Crippen molar-refractivity contribution in [1.29, 1.82) is 0 Å². The molecular weight excluding hydrogens is 602 g/mol. The summed E-state index contributed by atoms with van der Waals surface area (Å²) >= 11 is 0. The minimum Gasteiger partial charge on any atom is -0.489 e. The number of ether oxygens (including phenoxy) is 5. The summed E-state index contributed by atoms with van der Waals surface area (Å²) in [7, 11) is -4.12. The van der Waals surface area contributed by atoms with Crippen LogP contribution in [0.2, 0.25) is 0 Å². The van der Waals surface area contributed by atoms with E-state index in [0.29, 0.717) is 32.2 Å². The molecule has 6 rings (SSSR count). The molecule has 1 N–H and O–H groups in total. The molecule has 45 heavy (non-hydrogen) atoms. The predicted molar refractivity (Wildman–Crippen MR) is 164 cm³/mol. The van der Waals surface area contributed by atoms with Crippen LogP contribution in [0.5, 0.6) is 5.75 Å². The predicted octanol–water partition coefficient (Wildman–Crippen LogP) is 3.43. The molecule has 4 saturated heterocycles. The van der Waals surface area contributed by atoms with Crippen molar-refractivity contribution >= 4 is 22.0 Å². The molecule has 0 radical (unpaired) electrons. The number of sulfonamides is 1. The normalized spacial score (nSPS) is 27.2. The second-order valence-corrected chi connectivity index (χ2v) is 15.1. The molecule has 0 saturated carbocycles. The lowest BCUT2D eigenvalue weighted by Crippen LogP contribution is -2.75. The minimum atomic E-state index is -4.12. The van der Waals surface area contributed by atoms with E-state index in [1.165, 1.54) is 21.3 Å². The van der Waals surface area contributed by atoms with Crippen LogP contribution in [-0.4, -0.2) is 92.7 Å². The number of hydrogen-bond acceptors (Lipinski definition) is 9. The number of carbonyl (C=O) groups excluding carboxylic acids is 2. The number of benzene rings is 2. The summed E-state index contributed by atoms with van der Waals surface area (Å²) in [6, 6.07) is 12.4. The Balaban J connectivity index is 1.36. The third-order valence-corrected chi connectivity index (χ3v) is 10.1. The zero-order chi connectivity index (χ0) is 32.6. The fourth-order valence-electron chi connectivity index (χ4n) is 5.72. The molecule has 13 heteroatoms. The van der Waals surface area contributed by atoms with Crippen molar-refractivity contribution in [2.45, 2.75) is 76.7 Å². The second-order valence-electron chi connectivity index (χ2n) is 13.2. The van der Waals surface area contributed by atoms with Gasteiger partial charge < -0.3 is 33.9 Å². The van der Waals surface area contributed by atoms with Gasteiger partial charge in [-0.2, -0.15) is 4.31 Å². The average molecular weight is 646 g/mol. The van der Waals surface area contributed by atoms with Crippen molar-refractivity contribution < 1.29 is 41.7 Å². The molecule has 2 atom stereocenters. The van der Waals surface area contributed by atoms with Crippen molar-refractivity contribution in [2.75, 3.05) is 39.5 Å². The van der Waals surface area contributed by atoms with Crippen LogP contribution in [0.3, 0.4) is 0 Å². The Bertz CT molecular complexity index is 1480. The molecule has 2 unspecified atom stereocenters. The Morgan fingerprint density at radius 3 is 2.22 bits per heavy atom. The van der Waals surface area contributed by atoms with Crippen molar-refractivity contribution in [1.82, 2.24) is 14.5 Å². The third kappa shape index (κ3) is 7.12. The lowest BCUT2D eigenvalue weighted by Gasteiger charge is -2.58. The molecule has 4 aliphatic rings. The van der Waals surface area contributed by atoms with Gasteiger partial charge in [-0.3, -0.25) is 4.79 Å². The highest BCUT2D eigenvalue weighted by Crippen LogP contribution is 2.44. The number of aryl methyl sites for hydroxylation is 1. The van der Waals surface area contributed by atoms with E-state index in [9.17, 15) is 18.0 Å². The van der Waals surface area contributed by atoms with Gasteiger partial charge in [0.1, 0.15) is 30.5 Å². The van der Waals surface area contributed by atoms with Crippen LogP contribution in [0.25, 0.3) is 0 Å². The van der Waals surface area contributed by atoms with E-state index in [0.717, 1.165) is 11.1 Å². The van der Waals surface area contributed by atoms with Crippen LogP contribution in [0.1, 0.15) is 45.7 Å². The number of carbonyl (C=O) groups is 2. The number of nitrogens with zero attached hydrogens (tertiary/aromatic N) is 2. The topological polar surface area (TPSA) is 133 Å². The van der Waals surface area contributed by atoms with Gasteiger partial charge >= 0.3 is 12.1 Å². The fraction of sp³-hybridized carbons (Fsp3) is 0.562.